The lowest BCUT2D eigenvalue weighted by Gasteiger charge is -2.41. The summed E-state index contributed by atoms with van der Waals surface area (Å²) in [5.41, 5.74) is 6.16. The molecule has 2 aliphatic rings. The molecule has 0 spiro atoms. The number of pyridine rings is 2. The van der Waals surface area contributed by atoms with Crippen molar-refractivity contribution < 1.29 is 4.79 Å². The molecule has 0 aliphatic carbocycles. The van der Waals surface area contributed by atoms with E-state index < -0.39 is 0 Å². The van der Waals surface area contributed by atoms with Crippen molar-refractivity contribution in [1.29, 1.82) is 0 Å². The molecule has 1 amide bonds. The highest BCUT2D eigenvalue weighted by Crippen LogP contribution is 2.35. The summed E-state index contributed by atoms with van der Waals surface area (Å²) in [4.78, 5) is 37.1. The molecule has 5 heterocycles. The fraction of sp³-hybridized carbons (Fsp3) is 0.444. The second kappa shape index (κ2) is 12.0. The first-order valence-corrected chi connectivity index (χ1v) is 16.0. The minimum atomic E-state index is -0.242. The second-order valence-electron chi connectivity index (χ2n) is 14.1. The molecule has 1 fully saturated rings. The summed E-state index contributed by atoms with van der Waals surface area (Å²) in [5.74, 6) is -0.242. The first-order valence-electron chi connectivity index (χ1n) is 16.0. The van der Waals surface area contributed by atoms with Crippen LogP contribution in [-0.4, -0.2) is 54.7 Å². The number of aromatic nitrogens is 4. The minimum absolute atomic E-state index is 0.136. The van der Waals surface area contributed by atoms with Gasteiger partial charge in [0, 0.05) is 48.5 Å². The van der Waals surface area contributed by atoms with Crippen LogP contribution < -0.4 is 16.2 Å². The maximum Gasteiger partial charge on any atom is 0.253 e. The van der Waals surface area contributed by atoms with Gasteiger partial charge in [-0.25, -0.2) is 9.67 Å². The maximum atomic E-state index is 13.9. The lowest BCUT2D eigenvalue weighted by atomic mass is 9.82. The fourth-order valence-corrected chi connectivity index (χ4v) is 7.25. The van der Waals surface area contributed by atoms with Crippen LogP contribution in [0.25, 0.3) is 16.6 Å². The van der Waals surface area contributed by atoms with Gasteiger partial charge in [-0.1, -0.05) is 36.4 Å². The zero-order chi connectivity index (χ0) is 31.9. The average Bonchev–Trinajstić information content (AvgIpc) is 3.39. The quantitative estimate of drug-likeness (QED) is 0.258. The van der Waals surface area contributed by atoms with Gasteiger partial charge < -0.3 is 15.6 Å². The number of carbonyl (C=O) groups excluding carboxylic acids is 1. The van der Waals surface area contributed by atoms with Crippen LogP contribution in [0.2, 0.25) is 0 Å². The Labute approximate surface area is 265 Å². The number of hydrogen-bond acceptors (Lipinski definition) is 6. The van der Waals surface area contributed by atoms with Gasteiger partial charge in [-0.15, -0.1) is 0 Å². The molecule has 236 valence electrons. The van der Waals surface area contributed by atoms with E-state index in [-0.39, 0.29) is 35.1 Å². The molecule has 6 rings (SSSR count). The number of likely N-dealkylation sites (tertiary alicyclic amines) is 1. The van der Waals surface area contributed by atoms with E-state index in [1.54, 1.807) is 6.20 Å². The fourth-order valence-electron chi connectivity index (χ4n) is 7.25. The Hall–Kier alpha value is -4.08. The molecule has 9 nitrogen and oxygen atoms in total. The van der Waals surface area contributed by atoms with Gasteiger partial charge in [0.1, 0.15) is 0 Å². The highest BCUT2D eigenvalue weighted by atomic mass is 16.1. The lowest BCUT2D eigenvalue weighted by Crippen LogP contribution is -2.53. The van der Waals surface area contributed by atoms with Crippen LogP contribution in [-0.2, 0) is 13.1 Å². The standard InChI is InChI=1S/C36H45N7O2/c1-23-16-24(2)39-34(45)29(23)20-37-33(44)28-17-31(26-18-35(3,4)41-36(5,6)19-26)40-32-30(28)21-38-43(32)27-12-14-42(15-13-27)22-25-10-8-7-9-11-25/h7-11,16-18,21,27,41H,12-15,19-20,22H2,1-6H3,(H,37,44)(H,39,45). The number of piperidine rings is 1. The molecule has 3 aromatic heterocycles. The third-order valence-corrected chi connectivity index (χ3v) is 9.04. The van der Waals surface area contributed by atoms with Crippen LogP contribution in [0.1, 0.15) is 91.4 Å². The normalized spacial score (nSPS) is 18.6. The Kier molecular flexibility index (Phi) is 8.26. The SMILES string of the molecule is Cc1cc(C)c(CNC(=O)c2cc(C3=CC(C)(C)NC(C)(C)C3)nc3c2cnn3C2CCN(Cc3ccccc3)CC2)c(=O)[nH]1. The number of hydrogen-bond donors (Lipinski definition) is 3. The van der Waals surface area contributed by atoms with E-state index >= 15 is 0 Å². The van der Waals surface area contributed by atoms with Crippen LogP contribution in [0, 0.1) is 13.8 Å². The molecule has 1 saturated heterocycles. The predicted molar refractivity (Wildman–Crippen MR) is 179 cm³/mol. The van der Waals surface area contributed by atoms with Gasteiger partial charge in [0.2, 0.25) is 0 Å². The summed E-state index contributed by atoms with van der Waals surface area (Å²) in [6, 6.07) is 14.6. The molecule has 0 unspecified atom stereocenters. The first kappa shape index (κ1) is 30.9. The lowest BCUT2D eigenvalue weighted by molar-refractivity contribution is 0.0952. The minimum Gasteiger partial charge on any atom is -0.348 e. The Morgan fingerprint density at radius 3 is 2.49 bits per heavy atom. The van der Waals surface area contributed by atoms with E-state index in [1.807, 2.05) is 30.7 Å². The van der Waals surface area contributed by atoms with E-state index in [4.69, 9.17) is 10.1 Å². The Morgan fingerprint density at radius 1 is 1.07 bits per heavy atom. The summed E-state index contributed by atoms with van der Waals surface area (Å²) >= 11 is 0. The van der Waals surface area contributed by atoms with Crippen molar-refractivity contribution in [2.75, 3.05) is 13.1 Å². The molecule has 0 atom stereocenters. The average molecular weight is 608 g/mol. The highest BCUT2D eigenvalue weighted by Gasteiger charge is 2.34. The predicted octanol–water partition coefficient (Wildman–Crippen LogP) is 5.44. The Morgan fingerprint density at radius 2 is 1.80 bits per heavy atom. The number of nitrogens with zero attached hydrogens (tertiary/aromatic N) is 4. The highest BCUT2D eigenvalue weighted by molar-refractivity contribution is 6.06. The number of aromatic amines is 1. The molecule has 0 saturated carbocycles. The number of benzene rings is 1. The summed E-state index contributed by atoms with van der Waals surface area (Å²) in [7, 11) is 0. The summed E-state index contributed by atoms with van der Waals surface area (Å²) < 4.78 is 2.04. The zero-order valence-electron chi connectivity index (χ0n) is 27.3. The number of amides is 1. The third-order valence-electron chi connectivity index (χ3n) is 9.04. The molecule has 3 N–H and O–H groups in total. The van der Waals surface area contributed by atoms with Crippen LogP contribution in [0.5, 0.6) is 0 Å². The largest absolute Gasteiger partial charge is 0.348 e. The number of H-pyrrole nitrogens is 1. The van der Waals surface area contributed by atoms with E-state index in [0.717, 1.165) is 72.5 Å². The molecule has 0 bridgehead atoms. The monoisotopic (exact) mass is 607 g/mol. The van der Waals surface area contributed by atoms with Crippen molar-refractivity contribution in [3.63, 3.8) is 0 Å². The van der Waals surface area contributed by atoms with Crippen molar-refractivity contribution in [3.05, 3.63) is 98.7 Å². The van der Waals surface area contributed by atoms with Crippen LogP contribution in [0.15, 0.2) is 59.5 Å². The van der Waals surface area contributed by atoms with Gasteiger partial charge in [0.15, 0.2) is 5.65 Å². The Bertz CT molecular complexity index is 1810. The molecule has 4 aromatic rings. The summed E-state index contributed by atoms with van der Waals surface area (Å²) in [5, 5.41) is 12.3. The van der Waals surface area contributed by atoms with Gasteiger partial charge in [0.25, 0.3) is 11.5 Å². The first-order chi connectivity index (χ1) is 21.4. The molecular weight excluding hydrogens is 562 g/mol. The number of nitrogens with one attached hydrogen (secondary N) is 3. The Balaban J connectivity index is 1.33. The van der Waals surface area contributed by atoms with E-state index in [2.05, 4.69) is 84.6 Å². The number of fused-ring (bicyclic) bond motifs is 1. The third kappa shape index (κ3) is 6.79. The van der Waals surface area contributed by atoms with E-state index in [0.29, 0.717) is 11.1 Å². The maximum absolute atomic E-state index is 13.9. The number of rotatable bonds is 7. The van der Waals surface area contributed by atoms with Gasteiger partial charge in [0.05, 0.1) is 28.9 Å². The van der Waals surface area contributed by atoms with Crippen molar-refractivity contribution in [3.8, 4) is 0 Å². The molecule has 2 aliphatic heterocycles. The van der Waals surface area contributed by atoms with E-state index in [9.17, 15) is 9.59 Å². The van der Waals surface area contributed by atoms with Crippen LogP contribution >= 0.6 is 0 Å². The number of aryl methyl sites for hydroxylation is 2. The second-order valence-corrected chi connectivity index (χ2v) is 14.1. The van der Waals surface area contributed by atoms with Crippen molar-refractivity contribution in [2.45, 2.75) is 91.0 Å². The topological polar surface area (TPSA) is 108 Å². The summed E-state index contributed by atoms with van der Waals surface area (Å²) in [6.07, 6.45) is 6.70. The van der Waals surface area contributed by atoms with Crippen molar-refractivity contribution >= 4 is 22.5 Å². The van der Waals surface area contributed by atoms with E-state index in [1.165, 1.54) is 5.56 Å². The van der Waals surface area contributed by atoms with Gasteiger partial charge >= 0.3 is 0 Å². The van der Waals surface area contributed by atoms with Crippen LogP contribution in [0.3, 0.4) is 0 Å². The molecule has 0 radical (unpaired) electrons. The zero-order valence-corrected chi connectivity index (χ0v) is 27.3. The van der Waals surface area contributed by atoms with Crippen LogP contribution in [0.4, 0.5) is 0 Å². The molecular formula is C36H45N7O2. The van der Waals surface area contributed by atoms with Gasteiger partial charge in [-0.05, 0) is 89.6 Å². The van der Waals surface area contributed by atoms with Gasteiger partial charge in [-0.2, -0.15) is 5.10 Å². The summed E-state index contributed by atoms with van der Waals surface area (Å²) in [6.45, 7) is 15.5. The molecule has 45 heavy (non-hydrogen) atoms. The van der Waals surface area contributed by atoms with Crippen molar-refractivity contribution in [1.82, 2.24) is 35.3 Å². The molecule has 1 aromatic carbocycles. The number of carbonyl (C=O) groups is 1. The molecule has 9 heteroatoms. The van der Waals surface area contributed by atoms with Crippen molar-refractivity contribution in [2.24, 2.45) is 0 Å². The smallest absolute Gasteiger partial charge is 0.253 e. The van der Waals surface area contributed by atoms with Gasteiger partial charge in [-0.3, -0.25) is 14.5 Å².